The van der Waals surface area contributed by atoms with Crippen LogP contribution in [0.4, 0.5) is 4.79 Å². The maximum absolute atomic E-state index is 12.7. The van der Waals surface area contributed by atoms with Crippen molar-refractivity contribution >= 4 is 12.0 Å². The molecule has 1 fully saturated rings. The number of ether oxygens (including phenoxy) is 2. The quantitative estimate of drug-likeness (QED) is 0.411. The zero-order chi connectivity index (χ0) is 27.1. The van der Waals surface area contributed by atoms with E-state index in [1.807, 2.05) is 75.5 Å². The third-order valence-corrected chi connectivity index (χ3v) is 6.70. The molecule has 4 rings (SSSR count). The van der Waals surface area contributed by atoms with Gasteiger partial charge in [-0.1, -0.05) is 35.5 Å². The van der Waals surface area contributed by atoms with Gasteiger partial charge in [0.15, 0.2) is 0 Å². The van der Waals surface area contributed by atoms with Gasteiger partial charge in [-0.25, -0.2) is 9.48 Å². The molecule has 1 heterocycles. The molecule has 1 saturated carbocycles. The van der Waals surface area contributed by atoms with Crippen LogP contribution in [0.5, 0.6) is 5.75 Å². The predicted octanol–water partition coefficient (Wildman–Crippen LogP) is 4.71. The highest BCUT2D eigenvalue weighted by atomic mass is 16.5. The summed E-state index contributed by atoms with van der Waals surface area (Å²) < 4.78 is 13.3. The molecule has 202 valence electrons. The van der Waals surface area contributed by atoms with Crippen LogP contribution in [-0.4, -0.2) is 51.1 Å². The number of benzene rings is 2. The highest BCUT2D eigenvalue weighted by Crippen LogP contribution is 2.30. The minimum Gasteiger partial charge on any atom is -0.490 e. The van der Waals surface area contributed by atoms with Gasteiger partial charge in [0.1, 0.15) is 11.4 Å². The first-order valence-corrected chi connectivity index (χ1v) is 13.2. The number of esters is 1. The second-order valence-corrected chi connectivity index (χ2v) is 10.1. The average Bonchev–Trinajstić information content (AvgIpc) is 3.28. The minimum atomic E-state index is -0.173. The van der Waals surface area contributed by atoms with Crippen molar-refractivity contribution in [2.24, 2.45) is 13.0 Å². The maximum atomic E-state index is 12.7. The summed E-state index contributed by atoms with van der Waals surface area (Å²) in [6, 6.07) is 17.4. The summed E-state index contributed by atoms with van der Waals surface area (Å²) in [5.41, 5.74) is 3.46. The van der Waals surface area contributed by atoms with Crippen molar-refractivity contribution in [1.29, 1.82) is 0 Å². The normalized spacial score (nSPS) is 17.2. The van der Waals surface area contributed by atoms with Crippen molar-refractivity contribution in [2.75, 3.05) is 7.05 Å². The third kappa shape index (κ3) is 7.12. The molecule has 1 N–H and O–H groups in total. The molecule has 9 nitrogen and oxygen atoms in total. The number of hydrogen-bond acceptors (Lipinski definition) is 6. The van der Waals surface area contributed by atoms with Crippen LogP contribution in [0.2, 0.25) is 0 Å². The lowest BCUT2D eigenvalue weighted by Crippen LogP contribution is -2.36. The number of aryl methyl sites for hydroxylation is 1. The van der Waals surface area contributed by atoms with Gasteiger partial charge in [-0.15, -0.1) is 5.10 Å². The largest absolute Gasteiger partial charge is 0.490 e. The van der Waals surface area contributed by atoms with Gasteiger partial charge in [-0.05, 0) is 69.4 Å². The Morgan fingerprint density at radius 2 is 1.84 bits per heavy atom. The van der Waals surface area contributed by atoms with E-state index in [2.05, 4.69) is 15.6 Å². The lowest BCUT2D eigenvalue weighted by atomic mass is 9.87. The average molecular weight is 520 g/mol. The molecule has 0 saturated heterocycles. The van der Waals surface area contributed by atoms with Gasteiger partial charge in [0.25, 0.3) is 0 Å². The molecule has 1 aliphatic rings. The van der Waals surface area contributed by atoms with E-state index in [1.165, 1.54) is 0 Å². The van der Waals surface area contributed by atoms with Crippen molar-refractivity contribution in [3.05, 3.63) is 65.9 Å². The molecule has 38 heavy (non-hydrogen) atoms. The molecule has 2 amide bonds. The summed E-state index contributed by atoms with van der Waals surface area (Å²) >= 11 is 0. The fraction of sp³-hybridized carbons (Fsp3) is 0.448. The Morgan fingerprint density at radius 3 is 2.55 bits per heavy atom. The smallest absolute Gasteiger partial charge is 0.317 e. The maximum Gasteiger partial charge on any atom is 0.317 e. The standard InChI is InChI=1S/C29H37N5O4/c1-20(2)37-28(35)23-11-8-12-25(17-23)38-24-15-13-22(14-16-24)27-26(34(4)32-31-27)18-30-29(36)33(3)19-21-9-6-5-7-10-21/h5-7,9-10,13-16,20,23,25H,8,11-12,17-19H2,1-4H3,(H,30,36)/t23-,25-/m0/s1. The zero-order valence-electron chi connectivity index (χ0n) is 22.6. The van der Waals surface area contributed by atoms with Crippen LogP contribution in [0.25, 0.3) is 11.3 Å². The van der Waals surface area contributed by atoms with Crippen LogP contribution in [-0.2, 0) is 29.7 Å². The Bertz CT molecular complexity index is 1210. The van der Waals surface area contributed by atoms with Crippen LogP contribution < -0.4 is 10.1 Å². The van der Waals surface area contributed by atoms with E-state index >= 15 is 0 Å². The van der Waals surface area contributed by atoms with Crippen molar-refractivity contribution in [1.82, 2.24) is 25.2 Å². The molecule has 1 aliphatic carbocycles. The summed E-state index contributed by atoms with van der Waals surface area (Å²) in [5.74, 6) is 0.509. The number of carbonyl (C=O) groups excluding carboxylic acids is 2. The van der Waals surface area contributed by atoms with Gasteiger partial charge in [0.2, 0.25) is 0 Å². The first-order valence-electron chi connectivity index (χ1n) is 13.2. The number of carbonyl (C=O) groups is 2. The van der Waals surface area contributed by atoms with E-state index in [4.69, 9.17) is 9.47 Å². The number of aromatic nitrogens is 3. The Hall–Kier alpha value is -3.88. The molecular weight excluding hydrogens is 482 g/mol. The molecule has 0 spiro atoms. The Morgan fingerprint density at radius 1 is 1.11 bits per heavy atom. The van der Waals surface area contributed by atoms with E-state index < -0.39 is 0 Å². The lowest BCUT2D eigenvalue weighted by Gasteiger charge is -2.29. The minimum absolute atomic E-state index is 0.0190. The molecule has 9 heteroatoms. The van der Waals surface area contributed by atoms with E-state index in [0.29, 0.717) is 25.2 Å². The molecule has 2 aromatic carbocycles. The first kappa shape index (κ1) is 27.2. The van der Waals surface area contributed by atoms with Gasteiger partial charge < -0.3 is 19.7 Å². The molecule has 0 radical (unpaired) electrons. The monoisotopic (exact) mass is 519 g/mol. The van der Waals surface area contributed by atoms with E-state index in [1.54, 1.807) is 16.6 Å². The second kappa shape index (κ2) is 12.6. The summed E-state index contributed by atoms with van der Waals surface area (Å²) in [6.07, 6.45) is 3.24. The predicted molar refractivity (Wildman–Crippen MR) is 144 cm³/mol. The van der Waals surface area contributed by atoms with E-state index in [9.17, 15) is 9.59 Å². The van der Waals surface area contributed by atoms with Gasteiger partial charge in [0.05, 0.1) is 30.4 Å². The Kier molecular flexibility index (Phi) is 8.99. The molecule has 2 atom stereocenters. The second-order valence-electron chi connectivity index (χ2n) is 10.1. The third-order valence-electron chi connectivity index (χ3n) is 6.70. The number of nitrogens with zero attached hydrogens (tertiary/aromatic N) is 4. The molecule has 1 aromatic heterocycles. The first-order chi connectivity index (χ1) is 18.3. The Balaban J connectivity index is 1.35. The van der Waals surface area contributed by atoms with Gasteiger partial charge in [-0.2, -0.15) is 0 Å². The molecule has 3 aromatic rings. The van der Waals surface area contributed by atoms with Crippen LogP contribution in [0.3, 0.4) is 0 Å². The molecular formula is C29H37N5O4. The molecule has 0 aliphatic heterocycles. The number of amides is 2. The summed E-state index contributed by atoms with van der Waals surface area (Å²) in [5, 5.41) is 11.5. The number of hydrogen-bond donors (Lipinski definition) is 1. The van der Waals surface area contributed by atoms with Crippen molar-refractivity contribution in [3.63, 3.8) is 0 Å². The fourth-order valence-corrected chi connectivity index (χ4v) is 4.70. The van der Waals surface area contributed by atoms with Gasteiger partial charge in [0, 0.05) is 26.2 Å². The highest BCUT2D eigenvalue weighted by Gasteiger charge is 2.30. The number of rotatable bonds is 9. The summed E-state index contributed by atoms with van der Waals surface area (Å²) in [7, 11) is 3.58. The Labute approximate surface area is 224 Å². The van der Waals surface area contributed by atoms with E-state index in [0.717, 1.165) is 41.8 Å². The SMILES string of the molecule is CC(C)OC(=O)[C@H]1CCC[C@H](Oc2ccc(-c3nnn(C)c3CNC(=O)N(C)Cc3ccccc3)cc2)C1. The van der Waals surface area contributed by atoms with E-state index in [-0.39, 0.29) is 30.1 Å². The molecule has 0 unspecified atom stereocenters. The summed E-state index contributed by atoms with van der Waals surface area (Å²) in [4.78, 5) is 26.6. The van der Waals surface area contributed by atoms with Crippen LogP contribution >= 0.6 is 0 Å². The van der Waals surface area contributed by atoms with Crippen LogP contribution in [0.1, 0.15) is 50.8 Å². The van der Waals surface area contributed by atoms with Crippen LogP contribution in [0, 0.1) is 5.92 Å². The summed E-state index contributed by atoms with van der Waals surface area (Å²) in [6.45, 7) is 4.56. The topological polar surface area (TPSA) is 98.6 Å². The zero-order valence-corrected chi connectivity index (χ0v) is 22.6. The van der Waals surface area contributed by atoms with Crippen LogP contribution in [0.15, 0.2) is 54.6 Å². The van der Waals surface area contributed by atoms with Crippen molar-refractivity contribution in [2.45, 2.75) is 64.8 Å². The van der Waals surface area contributed by atoms with Crippen molar-refractivity contribution < 1.29 is 19.1 Å². The van der Waals surface area contributed by atoms with Gasteiger partial charge >= 0.3 is 12.0 Å². The number of nitrogens with one attached hydrogen (secondary N) is 1. The van der Waals surface area contributed by atoms with Crippen molar-refractivity contribution in [3.8, 4) is 17.0 Å². The van der Waals surface area contributed by atoms with Gasteiger partial charge in [-0.3, -0.25) is 4.79 Å². The fourth-order valence-electron chi connectivity index (χ4n) is 4.70. The molecule has 0 bridgehead atoms. The number of urea groups is 1. The lowest BCUT2D eigenvalue weighted by molar-refractivity contribution is -0.154. The highest BCUT2D eigenvalue weighted by molar-refractivity contribution is 5.74.